The van der Waals surface area contributed by atoms with Crippen LogP contribution in [0.4, 0.5) is 0 Å². The van der Waals surface area contributed by atoms with Crippen molar-refractivity contribution in [2.45, 2.75) is 39.0 Å². The number of hydrogen-bond acceptors (Lipinski definition) is 3. The van der Waals surface area contributed by atoms with Crippen molar-refractivity contribution in [1.82, 2.24) is 0 Å². The molecule has 2 atom stereocenters. The van der Waals surface area contributed by atoms with Gasteiger partial charge in [-0.15, -0.1) is 0 Å². The Kier molecular flexibility index (Phi) is 2.87. The lowest BCUT2D eigenvalue weighted by Gasteiger charge is -2.43. The zero-order valence-electron chi connectivity index (χ0n) is 9.91. The number of ether oxygens (including phenoxy) is 1. The first-order valence-electron chi connectivity index (χ1n) is 5.89. The number of methoxy groups -OCH3 is 1. The average molecular weight is 222 g/mol. The second-order valence-electron chi connectivity index (χ2n) is 5.04. The van der Waals surface area contributed by atoms with Gasteiger partial charge in [-0.2, -0.15) is 0 Å². The average Bonchev–Trinajstić information content (AvgIpc) is 2.28. The second kappa shape index (κ2) is 4.04. The van der Waals surface area contributed by atoms with Gasteiger partial charge in [0.1, 0.15) is 0 Å². The predicted molar refractivity (Wildman–Crippen MR) is 59.8 cm³/mol. The standard InChI is InChI=1S/C13H18O3/c1-13-6-4-3-5-9(13)7-10(14)8-11(13)12(15)16-2/h7,11H,3-6,8H2,1-2H3/t11-,13+/m0/s1. The minimum Gasteiger partial charge on any atom is -0.469 e. The van der Waals surface area contributed by atoms with Gasteiger partial charge in [0.05, 0.1) is 13.0 Å². The van der Waals surface area contributed by atoms with E-state index in [9.17, 15) is 9.59 Å². The van der Waals surface area contributed by atoms with Crippen molar-refractivity contribution in [2.75, 3.05) is 7.11 Å². The van der Waals surface area contributed by atoms with Crippen LogP contribution >= 0.6 is 0 Å². The lowest BCUT2D eigenvalue weighted by Crippen LogP contribution is -2.41. The Morgan fingerprint density at radius 1 is 1.50 bits per heavy atom. The van der Waals surface area contributed by atoms with Crippen molar-refractivity contribution in [1.29, 1.82) is 0 Å². The maximum Gasteiger partial charge on any atom is 0.310 e. The molecule has 0 bridgehead atoms. The smallest absolute Gasteiger partial charge is 0.310 e. The first kappa shape index (κ1) is 11.4. The van der Waals surface area contributed by atoms with Crippen molar-refractivity contribution in [3.05, 3.63) is 11.6 Å². The van der Waals surface area contributed by atoms with Gasteiger partial charge in [-0.25, -0.2) is 0 Å². The van der Waals surface area contributed by atoms with Crippen molar-refractivity contribution in [2.24, 2.45) is 11.3 Å². The summed E-state index contributed by atoms with van der Waals surface area (Å²) in [5, 5.41) is 0. The number of ketones is 1. The molecule has 1 saturated carbocycles. The summed E-state index contributed by atoms with van der Waals surface area (Å²) in [7, 11) is 1.40. The summed E-state index contributed by atoms with van der Waals surface area (Å²) in [5.41, 5.74) is 1.02. The van der Waals surface area contributed by atoms with Crippen molar-refractivity contribution >= 4 is 11.8 Å². The van der Waals surface area contributed by atoms with Crippen LogP contribution in [0.25, 0.3) is 0 Å². The van der Waals surface area contributed by atoms with E-state index in [2.05, 4.69) is 6.92 Å². The second-order valence-corrected chi connectivity index (χ2v) is 5.04. The molecule has 2 rings (SSSR count). The third-order valence-electron chi connectivity index (χ3n) is 4.12. The fraction of sp³-hybridized carbons (Fsp3) is 0.692. The van der Waals surface area contributed by atoms with Crippen molar-refractivity contribution < 1.29 is 14.3 Å². The number of fused-ring (bicyclic) bond motifs is 1. The van der Waals surface area contributed by atoms with E-state index in [1.54, 1.807) is 6.08 Å². The van der Waals surface area contributed by atoms with Gasteiger partial charge < -0.3 is 4.74 Å². The fourth-order valence-corrected chi connectivity index (χ4v) is 3.05. The Balaban J connectivity index is 2.36. The maximum atomic E-state index is 11.8. The van der Waals surface area contributed by atoms with E-state index >= 15 is 0 Å². The highest BCUT2D eigenvalue weighted by molar-refractivity contribution is 5.95. The quantitative estimate of drug-likeness (QED) is 0.639. The van der Waals surface area contributed by atoms with Crippen LogP contribution in [0, 0.1) is 11.3 Å². The van der Waals surface area contributed by atoms with Gasteiger partial charge >= 0.3 is 5.97 Å². The van der Waals surface area contributed by atoms with Crippen LogP contribution in [-0.2, 0) is 14.3 Å². The summed E-state index contributed by atoms with van der Waals surface area (Å²) in [4.78, 5) is 23.4. The first-order valence-corrected chi connectivity index (χ1v) is 5.89. The lowest BCUT2D eigenvalue weighted by molar-refractivity contribution is -0.152. The van der Waals surface area contributed by atoms with E-state index in [0.717, 1.165) is 31.3 Å². The molecular formula is C13H18O3. The molecule has 0 aromatic rings. The summed E-state index contributed by atoms with van der Waals surface area (Å²) in [6.45, 7) is 2.10. The van der Waals surface area contributed by atoms with Crippen LogP contribution in [0.15, 0.2) is 11.6 Å². The minimum atomic E-state index is -0.273. The van der Waals surface area contributed by atoms with E-state index < -0.39 is 0 Å². The molecule has 16 heavy (non-hydrogen) atoms. The van der Waals surface area contributed by atoms with Crippen LogP contribution in [0.3, 0.4) is 0 Å². The molecule has 0 unspecified atom stereocenters. The molecule has 0 N–H and O–H groups in total. The summed E-state index contributed by atoms with van der Waals surface area (Å²) in [6, 6.07) is 0. The van der Waals surface area contributed by atoms with Gasteiger partial charge in [-0.1, -0.05) is 18.9 Å². The van der Waals surface area contributed by atoms with Crippen molar-refractivity contribution in [3.63, 3.8) is 0 Å². The fourth-order valence-electron chi connectivity index (χ4n) is 3.05. The number of rotatable bonds is 1. The number of carbonyl (C=O) groups is 2. The van der Waals surface area contributed by atoms with E-state index in [-0.39, 0.29) is 23.1 Å². The molecule has 0 saturated heterocycles. The number of carbonyl (C=O) groups excluding carboxylic acids is 2. The van der Waals surface area contributed by atoms with Crippen LogP contribution in [0.1, 0.15) is 39.0 Å². The van der Waals surface area contributed by atoms with Crippen LogP contribution in [-0.4, -0.2) is 18.9 Å². The molecule has 88 valence electrons. The molecule has 1 fully saturated rings. The molecule has 0 heterocycles. The number of allylic oxidation sites excluding steroid dienone is 2. The normalized spacial score (nSPS) is 34.0. The topological polar surface area (TPSA) is 43.4 Å². The van der Waals surface area contributed by atoms with Crippen molar-refractivity contribution in [3.8, 4) is 0 Å². The van der Waals surface area contributed by atoms with Gasteiger partial charge in [0.25, 0.3) is 0 Å². The molecule has 0 spiro atoms. The lowest BCUT2D eigenvalue weighted by atomic mass is 9.60. The summed E-state index contributed by atoms with van der Waals surface area (Å²) < 4.78 is 4.83. The monoisotopic (exact) mass is 222 g/mol. The third kappa shape index (κ3) is 1.68. The van der Waals surface area contributed by atoms with Crippen LogP contribution in [0.5, 0.6) is 0 Å². The molecule has 0 radical (unpaired) electrons. The molecule has 3 nitrogen and oxygen atoms in total. The zero-order valence-corrected chi connectivity index (χ0v) is 9.91. The Labute approximate surface area is 95.9 Å². The van der Waals surface area contributed by atoms with E-state index in [0.29, 0.717) is 6.42 Å². The number of esters is 1. The Hall–Kier alpha value is -1.12. The van der Waals surface area contributed by atoms with E-state index in [1.807, 2.05) is 0 Å². The largest absolute Gasteiger partial charge is 0.469 e. The number of hydrogen-bond donors (Lipinski definition) is 0. The highest BCUT2D eigenvalue weighted by atomic mass is 16.5. The maximum absolute atomic E-state index is 11.8. The van der Waals surface area contributed by atoms with Gasteiger partial charge in [0.15, 0.2) is 5.78 Å². The molecule has 0 aliphatic heterocycles. The van der Waals surface area contributed by atoms with Gasteiger partial charge in [-0.05, 0) is 25.3 Å². The van der Waals surface area contributed by atoms with Gasteiger partial charge in [-0.3, -0.25) is 9.59 Å². The predicted octanol–water partition coefficient (Wildman–Crippen LogP) is 2.26. The summed E-state index contributed by atoms with van der Waals surface area (Å²) in [5.74, 6) is -0.432. The van der Waals surface area contributed by atoms with Gasteiger partial charge in [0, 0.05) is 11.8 Å². The van der Waals surface area contributed by atoms with Gasteiger partial charge in [0.2, 0.25) is 0 Å². The highest BCUT2D eigenvalue weighted by Crippen LogP contribution is 2.50. The molecule has 2 aliphatic rings. The molecule has 0 aromatic heterocycles. The van der Waals surface area contributed by atoms with E-state index in [4.69, 9.17) is 4.74 Å². The first-order chi connectivity index (χ1) is 7.58. The molecule has 0 aromatic carbocycles. The Bertz CT molecular complexity index is 356. The van der Waals surface area contributed by atoms with Crippen LogP contribution in [0.2, 0.25) is 0 Å². The molecule has 0 amide bonds. The summed E-state index contributed by atoms with van der Waals surface area (Å²) >= 11 is 0. The highest BCUT2D eigenvalue weighted by Gasteiger charge is 2.46. The van der Waals surface area contributed by atoms with E-state index in [1.165, 1.54) is 7.11 Å². The Morgan fingerprint density at radius 2 is 2.25 bits per heavy atom. The molecular weight excluding hydrogens is 204 g/mol. The van der Waals surface area contributed by atoms with Crippen LogP contribution < -0.4 is 0 Å². The minimum absolute atomic E-state index is 0.0739. The third-order valence-corrected chi connectivity index (χ3v) is 4.12. The molecule has 3 heteroatoms. The Morgan fingerprint density at radius 3 is 2.94 bits per heavy atom. The molecule has 2 aliphatic carbocycles. The zero-order chi connectivity index (χ0) is 11.8. The SMILES string of the molecule is COC(=O)[C@@H]1CC(=O)C=C2CCCC[C@]21C. The summed E-state index contributed by atoms with van der Waals surface area (Å²) in [6.07, 6.45) is 6.28.